The van der Waals surface area contributed by atoms with Crippen LogP contribution in [0.4, 0.5) is 0 Å². The van der Waals surface area contributed by atoms with E-state index in [9.17, 15) is 4.79 Å². The lowest BCUT2D eigenvalue weighted by molar-refractivity contribution is 0.0758. The first-order chi connectivity index (χ1) is 9.47. The Bertz CT molecular complexity index is 680. The van der Waals surface area contributed by atoms with E-state index in [4.69, 9.17) is 4.42 Å². The number of carbonyl (C=O) groups excluding carboxylic acids is 1. The Morgan fingerprint density at radius 1 is 1.25 bits per heavy atom. The highest BCUT2D eigenvalue weighted by molar-refractivity contribution is 5.99. The summed E-state index contributed by atoms with van der Waals surface area (Å²) in [5.41, 5.74) is 4.19. The van der Waals surface area contributed by atoms with Crippen LogP contribution in [0.15, 0.2) is 16.5 Å². The van der Waals surface area contributed by atoms with Gasteiger partial charge < -0.3 is 9.32 Å². The van der Waals surface area contributed by atoms with Crippen LogP contribution in [0, 0.1) is 26.7 Å². The number of benzene rings is 1. The minimum absolute atomic E-state index is 0.000839. The van der Waals surface area contributed by atoms with Gasteiger partial charge in [0.05, 0.1) is 0 Å². The van der Waals surface area contributed by atoms with Crippen LogP contribution in [-0.2, 0) is 0 Å². The summed E-state index contributed by atoms with van der Waals surface area (Å²) < 4.78 is 5.83. The van der Waals surface area contributed by atoms with Crippen LogP contribution in [0.5, 0.6) is 0 Å². The molecule has 3 heteroatoms. The van der Waals surface area contributed by atoms with Gasteiger partial charge in [0.2, 0.25) is 0 Å². The predicted molar refractivity (Wildman–Crippen MR) is 80.1 cm³/mol. The lowest BCUT2D eigenvalue weighted by atomic mass is 10.0. The van der Waals surface area contributed by atoms with Crippen molar-refractivity contribution in [1.82, 2.24) is 4.90 Å². The fraction of sp³-hybridized carbons (Fsp3) is 0.471. The van der Waals surface area contributed by atoms with Crippen LogP contribution in [0.25, 0.3) is 11.0 Å². The molecule has 3 nitrogen and oxygen atoms in total. The lowest BCUT2D eigenvalue weighted by Gasteiger charge is -2.15. The van der Waals surface area contributed by atoms with E-state index in [1.165, 1.54) is 24.0 Å². The monoisotopic (exact) mass is 271 g/mol. The Morgan fingerprint density at radius 2 is 1.90 bits per heavy atom. The Kier molecular flexibility index (Phi) is 3.08. The van der Waals surface area contributed by atoms with Gasteiger partial charge in [-0.1, -0.05) is 0 Å². The molecule has 0 saturated heterocycles. The number of hydrogen-bond donors (Lipinski definition) is 0. The maximum atomic E-state index is 12.5. The number of nitrogens with zero attached hydrogens (tertiary/aromatic N) is 1. The molecule has 1 fully saturated rings. The minimum Gasteiger partial charge on any atom is -0.451 e. The largest absolute Gasteiger partial charge is 0.451 e. The maximum absolute atomic E-state index is 12.5. The van der Waals surface area contributed by atoms with Crippen molar-refractivity contribution >= 4 is 16.9 Å². The molecule has 1 heterocycles. The second kappa shape index (κ2) is 4.65. The first-order valence-electron chi connectivity index (χ1n) is 7.23. The van der Waals surface area contributed by atoms with Crippen molar-refractivity contribution in [3.8, 4) is 0 Å². The third-order valence-electron chi connectivity index (χ3n) is 4.32. The molecular formula is C17H21NO2. The van der Waals surface area contributed by atoms with Gasteiger partial charge in [0.1, 0.15) is 5.58 Å². The number of amides is 1. The zero-order chi connectivity index (χ0) is 14.4. The molecule has 1 amide bonds. The Hall–Kier alpha value is -1.77. The van der Waals surface area contributed by atoms with E-state index < -0.39 is 0 Å². The van der Waals surface area contributed by atoms with Gasteiger partial charge in [-0.15, -0.1) is 0 Å². The Labute approximate surface area is 119 Å². The summed E-state index contributed by atoms with van der Waals surface area (Å²) in [5.74, 6) is 1.19. The van der Waals surface area contributed by atoms with Crippen molar-refractivity contribution in [2.24, 2.45) is 5.92 Å². The van der Waals surface area contributed by atoms with Crippen molar-refractivity contribution in [1.29, 1.82) is 0 Å². The van der Waals surface area contributed by atoms with Gasteiger partial charge in [-0.25, -0.2) is 0 Å². The average molecular weight is 271 g/mol. The molecule has 0 spiro atoms. The Balaban J connectivity index is 1.98. The zero-order valence-corrected chi connectivity index (χ0v) is 12.6. The van der Waals surface area contributed by atoms with Crippen molar-refractivity contribution in [3.05, 3.63) is 34.6 Å². The molecule has 1 aromatic carbocycles. The third kappa shape index (κ3) is 2.21. The van der Waals surface area contributed by atoms with E-state index in [0.717, 1.165) is 23.1 Å². The first kappa shape index (κ1) is 13.2. The fourth-order valence-corrected chi connectivity index (χ4v) is 2.62. The van der Waals surface area contributed by atoms with Gasteiger partial charge in [0, 0.05) is 24.5 Å². The standard InChI is InChI=1S/C17H21NO2/c1-10-7-14-12(3)16(20-15(14)8-11(10)2)17(19)18(4)9-13-5-6-13/h7-8,13H,5-6,9H2,1-4H3. The maximum Gasteiger partial charge on any atom is 0.289 e. The van der Waals surface area contributed by atoms with Gasteiger partial charge in [0.15, 0.2) is 5.76 Å². The van der Waals surface area contributed by atoms with E-state index in [1.807, 2.05) is 20.0 Å². The normalized spacial score (nSPS) is 14.8. The topological polar surface area (TPSA) is 33.5 Å². The second-order valence-corrected chi connectivity index (χ2v) is 6.12. The van der Waals surface area contributed by atoms with E-state index in [0.29, 0.717) is 11.7 Å². The molecule has 0 atom stereocenters. The van der Waals surface area contributed by atoms with Gasteiger partial charge in [-0.3, -0.25) is 4.79 Å². The first-order valence-corrected chi connectivity index (χ1v) is 7.23. The highest BCUT2D eigenvalue weighted by atomic mass is 16.3. The number of carbonyl (C=O) groups is 1. The molecule has 106 valence electrons. The lowest BCUT2D eigenvalue weighted by Crippen LogP contribution is -2.28. The van der Waals surface area contributed by atoms with Crippen molar-refractivity contribution in [2.75, 3.05) is 13.6 Å². The van der Waals surface area contributed by atoms with Crippen molar-refractivity contribution in [3.63, 3.8) is 0 Å². The molecule has 3 rings (SSSR count). The van der Waals surface area contributed by atoms with Gasteiger partial charge in [-0.05, 0) is 62.8 Å². The molecule has 0 aliphatic heterocycles. The van der Waals surface area contributed by atoms with Crippen LogP contribution in [0.1, 0.15) is 40.1 Å². The summed E-state index contributed by atoms with van der Waals surface area (Å²) in [4.78, 5) is 14.3. The highest BCUT2D eigenvalue weighted by Crippen LogP contribution is 2.31. The van der Waals surface area contributed by atoms with Crippen molar-refractivity contribution < 1.29 is 9.21 Å². The van der Waals surface area contributed by atoms with Gasteiger partial charge >= 0.3 is 0 Å². The number of furan rings is 1. The molecule has 1 aromatic heterocycles. The van der Waals surface area contributed by atoms with Gasteiger partial charge in [-0.2, -0.15) is 0 Å². The summed E-state index contributed by atoms with van der Waals surface area (Å²) in [5, 5.41) is 1.05. The zero-order valence-electron chi connectivity index (χ0n) is 12.6. The SMILES string of the molecule is Cc1cc2oc(C(=O)N(C)CC3CC3)c(C)c2cc1C. The number of aryl methyl sites for hydroxylation is 3. The predicted octanol–water partition coefficient (Wildman–Crippen LogP) is 3.84. The average Bonchev–Trinajstić information content (AvgIpc) is 3.16. The molecule has 1 aliphatic rings. The van der Waals surface area contributed by atoms with E-state index >= 15 is 0 Å². The molecule has 0 bridgehead atoms. The summed E-state index contributed by atoms with van der Waals surface area (Å²) in [6.07, 6.45) is 2.49. The summed E-state index contributed by atoms with van der Waals surface area (Å²) >= 11 is 0. The number of hydrogen-bond acceptors (Lipinski definition) is 2. The molecule has 1 saturated carbocycles. The van der Waals surface area contributed by atoms with E-state index in [2.05, 4.69) is 19.9 Å². The number of fused-ring (bicyclic) bond motifs is 1. The number of rotatable bonds is 3. The minimum atomic E-state index is 0.000839. The highest BCUT2D eigenvalue weighted by Gasteiger charge is 2.27. The van der Waals surface area contributed by atoms with Crippen LogP contribution in [-0.4, -0.2) is 24.4 Å². The smallest absolute Gasteiger partial charge is 0.289 e. The molecule has 20 heavy (non-hydrogen) atoms. The fourth-order valence-electron chi connectivity index (χ4n) is 2.62. The van der Waals surface area contributed by atoms with Gasteiger partial charge in [0.25, 0.3) is 5.91 Å². The molecule has 0 unspecified atom stereocenters. The molecule has 1 aliphatic carbocycles. The van der Waals surface area contributed by atoms with Crippen molar-refractivity contribution in [2.45, 2.75) is 33.6 Å². The molecule has 0 radical (unpaired) electrons. The second-order valence-electron chi connectivity index (χ2n) is 6.12. The third-order valence-corrected chi connectivity index (χ3v) is 4.32. The molecule has 0 N–H and O–H groups in total. The van der Waals surface area contributed by atoms with E-state index in [1.54, 1.807) is 4.90 Å². The van der Waals surface area contributed by atoms with Crippen LogP contribution in [0.2, 0.25) is 0 Å². The van der Waals surface area contributed by atoms with Crippen LogP contribution in [0.3, 0.4) is 0 Å². The quantitative estimate of drug-likeness (QED) is 0.849. The van der Waals surface area contributed by atoms with Crippen LogP contribution >= 0.6 is 0 Å². The summed E-state index contributed by atoms with van der Waals surface area (Å²) in [7, 11) is 1.86. The van der Waals surface area contributed by atoms with Crippen LogP contribution < -0.4 is 0 Å². The molecule has 2 aromatic rings. The summed E-state index contributed by atoms with van der Waals surface area (Å²) in [6.45, 7) is 6.96. The molecular weight excluding hydrogens is 250 g/mol. The summed E-state index contributed by atoms with van der Waals surface area (Å²) in [6, 6.07) is 4.14. The Morgan fingerprint density at radius 3 is 2.55 bits per heavy atom. The van der Waals surface area contributed by atoms with E-state index in [-0.39, 0.29) is 5.91 Å².